The van der Waals surface area contributed by atoms with E-state index in [1.54, 1.807) is 12.1 Å². The molecule has 138 valence electrons. The molecule has 1 aromatic carbocycles. The number of fused-ring (bicyclic) bond motifs is 1. The summed E-state index contributed by atoms with van der Waals surface area (Å²) < 4.78 is 33.2. The van der Waals surface area contributed by atoms with Gasteiger partial charge in [-0.1, -0.05) is 28.1 Å². The van der Waals surface area contributed by atoms with Gasteiger partial charge in [0.1, 0.15) is 10.7 Å². The summed E-state index contributed by atoms with van der Waals surface area (Å²) in [6.45, 7) is 3.28. The van der Waals surface area contributed by atoms with Crippen LogP contribution in [0.4, 0.5) is 5.82 Å². The van der Waals surface area contributed by atoms with Crippen LogP contribution in [0, 0.1) is 0 Å². The highest BCUT2D eigenvalue weighted by Gasteiger charge is 2.27. The van der Waals surface area contributed by atoms with E-state index >= 15 is 0 Å². The fourth-order valence-electron chi connectivity index (χ4n) is 3.38. The molecule has 0 saturated carbocycles. The Kier molecular flexibility index (Phi) is 5.00. The molecule has 0 radical (unpaired) electrons. The van der Waals surface area contributed by atoms with Gasteiger partial charge in [-0.3, -0.25) is 0 Å². The molecule has 2 aromatic rings. The first-order chi connectivity index (χ1) is 12.6. The lowest BCUT2D eigenvalue weighted by atomic mass is 10.00. The van der Waals surface area contributed by atoms with Crippen LogP contribution in [0.25, 0.3) is 0 Å². The van der Waals surface area contributed by atoms with E-state index in [9.17, 15) is 8.42 Å². The molecule has 2 aliphatic heterocycles. The average molecular weight is 438 g/mol. The summed E-state index contributed by atoms with van der Waals surface area (Å²) >= 11 is 3.62. The van der Waals surface area contributed by atoms with E-state index in [0.29, 0.717) is 26.3 Å². The Labute approximate surface area is 162 Å². The molecule has 2 aliphatic rings. The van der Waals surface area contributed by atoms with Gasteiger partial charge in [0.05, 0.1) is 13.2 Å². The number of benzene rings is 1. The van der Waals surface area contributed by atoms with E-state index in [1.165, 1.54) is 21.6 Å². The highest BCUT2D eigenvalue weighted by Crippen LogP contribution is 2.29. The second-order valence-electron chi connectivity index (χ2n) is 6.42. The van der Waals surface area contributed by atoms with Crippen molar-refractivity contribution in [1.82, 2.24) is 9.29 Å². The van der Waals surface area contributed by atoms with Gasteiger partial charge in [0, 0.05) is 36.8 Å². The van der Waals surface area contributed by atoms with Crippen molar-refractivity contribution in [3.8, 4) is 0 Å². The third-order valence-corrected chi connectivity index (χ3v) is 7.49. The molecule has 6 nitrogen and oxygen atoms in total. The molecule has 0 atom stereocenters. The fourth-order valence-corrected chi connectivity index (χ4v) is 5.27. The van der Waals surface area contributed by atoms with E-state index < -0.39 is 10.0 Å². The summed E-state index contributed by atoms with van der Waals surface area (Å²) in [5.74, 6) is 0.798. The maximum atomic E-state index is 12.7. The van der Waals surface area contributed by atoms with Crippen LogP contribution in [-0.2, 0) is 27.7 Å². The lowest BCUT2D eigenvalue weighted by molar-refractivity contribution is 0.0730. The van der Waals surface area contributed by atoms with Crippen LogP contribution in [0.5, 0.6) is 0 Å². The van der Waals surface area contributed by atoms with Crippen molar-refractivity contribution in [2.24, 2.45) is 0 Å². The summed E-state index contributed by atoms with van der Waals surface area (Å²) in [6, 6.07) is 9.72. The summed E-state index contributed by atoms with van der Waals surface area (Å²) in [7, 11) is -3.50. The molecule has 1 saturated heterocycles. The number of ether oxygens (including phenoxy) is 1. The van der Waals surface area contributed by atoms with Gasteiger partial charge in [0.2, 0.25) is 10.0 Å². The van der Waals surface area contributed by atoms with Crippen LogP contribution in [0.2, 0.25) is 0 Å². The predicted octanol–water partition coefficient (Wildman–Crippen LogP) is 2.43. The SMILES string of the molecule is O=S(=O)(c1ccc(N2CCc3cccc(Br)c3C2)nc1)N1CCOCC1. The van der Waals surface area contributed by atoms with Crippen LogP contribution in [0.3, 0.4) is 0 Å². The minimum Gasteiger partial charge on any atom is -0.379 e. The average Bonchev–Trinajstić information content (AvgIpc) is 2.69. The van der Waals surface area contributed by atoms with Gasteiger partial charge in [-0.15, -0.1) is 0 Å². The molecule has 3 heterocycles. The number of aromatic nitrogens is 1. The van der Waals surface area contributed by atoms with Gasteiger partial charge in [-0.2, -0.15) is 4.31 Å². The Balaban J connectivity index is 1.54. The third kappa shape index (κ3) is 3.38. The molecular formula is C18H20BrN3O3S. The van der Waals surface area contributed by atoms with Gasteiger partial charge in [0.25, 0.3) is 0 Å². The quantitative estimate of drug-likeness (QED) is 0.737. The summed E-state index contributed by atoms with van der Waals surface area (Å²) in [4.78, 5) is 6.86. The van der Waals surface area contributed by atoms with E-state index in [0.717, 1.165) is 29.8 Å². The number of rotatable bonds is 3. The lowest BCUT2D eigenvalue weighted by Gasteiger charge is -2.30. The number of hydrogen-bond acceptors (Lipinski definition) is 5. The maximum absolute atomic E-state index is 12.7. The third-order valence-electron chi connectivity index (χ3n) is 4.87. The van der Waals surface area contributed by atoms with Crippen molar-refractivity contribution in [3.05, 3.63) is 52.1 Å². The number of pyridine rings is 1. The van der Waals surface area contributed by atoms with Gasteiger partial charge >= 0.3 is 0 Å². The molecular weight excluding hydrogens is 418 g/mol. The molecule has 8 heteroatoms. The number of nitrogens with zero attached hydrogens (tertiary/aromatic N) is 3. The Hall–Kier alpha value is -1.48. The Bertz CT molecular complexity index is 896. The van der Waals surface area contributed by atoms with Crippen molar-refractivity contribution < 1.29 is 13.2 Å². The number of halogens is 1. The Morgan fingerprint density at radius 1 is 1.08 bits per heavy atom. The minimum absolute atomic E-state index is 0.238. The number of anilines is 1. The predicted molar refractivity (Wildman–Crippen MR) is 103 cm³/mol. The molecule has 0 aliphatic carbocycles. The summed E-state index contributed by atoms with van der Waals surface area (Å²) in [6.07, 6.45) is 2.42. The topological polar surface area (TPSA) is 62.7 Å². The van der Waals surface area contributed by atoms with Crippen molar-refractivity contribution in [2.45, 2.75) is 17.9 Å². The highest BCUT2D eigenvalue weighted by atomic mass is 79.9. The molecule has 4 rings (SSSR count). The smallest absolute Gasteiger partial charge is 0.244 e. The van der Waals surface area contributed by atoms with Gasteiger partial charge in [0.15, 0.2) is 0 Å². The Morgan fingerprint density at radius 3 is 2.62 bits per heavy atom. The molecule has 0 unspecified atom stereocenters. The van der Waals surface area contributed by atoms with Crippen LogP contribution in [0.15, 0.2) is 45.9 Å². The van der Waals surface area contributed by atoms with Crippen molar-refractivity contribution in [2.75, 3.05) is 37.7 Å². The zero-order valence-corrected chi connectivity index (χ0v) is 16.7. The number of morpholine rings is 1. The standard InChI is InChI=1S/C18H20BrN3O3S/c19-17-3-1-2-14-6-7-21(13-16(14)17)18-5-4-15(12-20-18)26(23,24)22-8-10-25-11-9-22/h1-5,12H,6-11,13H2. The van der Waals surface area contributed by atoms with Crippen LogP contribution in [0.1, 0.15) is 11.1 Å². The monoisotopic (exact) mass is 437 g/mol. The highest BCUT2D eigenvalue weighted by molar-refractivity contribution is 9.10. The Morgan fingerprint density at radius 2 is 1.88 bits per heavy atom. The zero-order valence-electron chi connectivity index (χ0n) is 14.3. The fraction of sp³-hybridized carbons (Fsp3) is 0.389. The molecule has 0 spiro atoms. The normalized spacial score (nSPS) is 18.6. The molecule has 0 N–H and O–H groups in total. The van der Waals surface area contributed by atoms with E-state index in [-0.39, 0.29) is 4.90 Å². The lowest BCUT2D eigenvalue weighted by Crippen LogP contribution is -2.40. The molecule has 1 fully saturated rings. The molecule has 1 aromatic heterocycles. The van der Waals surface area contributed by atoms with Crippen molar-refractivity contribution in [3.63, 3.8) is 0 Å². The van der Waals surface area contributed by atoms with E-state index in [1.807, 2.05) is 6.07 Å². The van der Waals surface area contributed by atoms with Gasteiger partial charge in [-0.05, 0) is 35.7 Å². The largest absolute Gasteiger partial charge is 0.379 e. The van der Waals surface area contributed by atoms with Crippen LogP contribution >= 0.6 is 15.9 Å². The second-order valence-corrected chi connectivity index (χ2v) is 9.21. The second kappa shape index (κ2) is 7.26. The summed E-state index contributed by atoms with van der Waals surface area (Å²) in [5, 5.41) is 0. The van der Waals surface area contributed by atoms with Crippen LogP contribution < -0.4 is 4.90 Å². The van der Waals surface area contributed by atoms with Crippen molar-refractivity contribution >= 4 is 31.8 Å². The minimum atomic E-state index is -3.50. The molecule has 26 heavy (non-hydrogen) atoms. The summed E-state index contributed by atoms with van der Waals surface area (Å²) in [5.41, 5.74) is 2.62. The van der Waals surface area contributed by atoms with Crippen LogP contribution in [-0.4, -0.2) is 50.6 Å². The maximum Gasteiger partial charge on any atom is 0.244 e. The van der Waals surface area contributed by atoms with Gasteiger partial charge in [-0.25, -0.2) is 13.4 Å². The number of hydrogen-bond donors (Lipinski definition) is 0. The van der Waals surface area contributed by atoms with E-state index in [2.05, 4.69) is 37.9 Å². The first-order valence-corrected chi connectivity index (χ1v) is 10.8. The molecule has 0 amide bonds. The first kappa shape index (κ1) is 17.9. The number of sulfonamides is 1. The molecule has 0 bridgehead atoms. The zero-order chi connectivity index (χ0) is 18.1. The first-order valence-electron chi connectivity index (χ1n) is 8.61. The van der Waals surface area contributed by atoms with Crippen molar-refractivity contribution in [1.29, 1.82) is 0 Å². The van der Waals surface area contributed by atoms with E-state index in [4.69, 9.17) is 4.74 Å². The van der Waals surface area contributed by atoms with Gasteiger partial charge < -0.3 is 9.64 Å².